The summed E-state index contributed by atoms with van der Waals surface area (Å²) >= 11 is 1.44. The third kappa shape index (κ3) is 2.60. The number of thiophene rings is 1. The summed E-state index contributed by atoms with van der Waals surface area (Å²) in [4.78, 5) is 32.1. The summed E-state index contributed by atoms with van der Waals surface area (Å²) < 4.78 is 0. The Kier molecular flexibility index (Phi) is 3.75. The number of nitrogen functional groups attached to an aromatic ring is 1. The molecule has 5 rings (SSSR count). The first-order chi connectivity index (χ1) is 13.3. The average Bonchev–Trinajstić information content (AvgIpc) is 2.99. The van der Waals surface area contributed by atoms with E-state index in [1.807, 2.05) is 18.2 Å². The van der Waals surface area contributed by atoms with Crippen LogP contribution in [0.1, 0.15) is 69.5 Å². The van der Waals surface area contributed by atoms with Crippen LogP contribution in [0.2, 0.25) is 0 Å². The molecule has 28 heavy (non-hydrogen) atoms. The van der Waals surface area contributed by atoms with Crippen molar-refractivity contribution in [2.24, 2.45) is 5.41 Å². The molecule has 0 aliphatic heterocycles. The van der Waals surface area contributed by atoms with Gasteiger partial charge in [0.1, 0.15) is 4.83 Å². The van der Waals surface area contributed by atoms with Gasteiger partial charge in [0.2, 0.25) is 0 Å². The Hall–Kier alpha value is -2.53. The van der Waals surface area contributed by atoms with Crippen molar-refractivity contribution in [1.29, 1.82) is 0 Å². The van der Waals surface area contributed by atoms with E-state index in [1.165, 1.54) is 11.3 Å². The highest BCUT2D eigenvalue weighted by molar-refractivity contribution is 7.20. The van der Waals surface area contributed by atoms with E-state index in [0.29, 0.717) is 30.5 Å². The molecular weight excluding hydrogens is 368 g/mol. The highest BCUT2D eigenvalue weighted by Crippen LogP contribution is 2.46. The molecule has 1 aromatic carbocycles. The number of ketones is 2. The lowest BCUT2D eigenvalue weighted by Gasteiger charge is -2.29. The fourth-order valence-corrected chi connectivity index (χ4v) is 5.94. The van der Waals surface area contributed by atoms with Crippen molar-refractivity contribution in [3.63, 3.8) is 0 Å². The molecular formula is C23H22N2O2S. The van der Waals surface area contributed by atoms with Gasteiger partial charge in [0.25, 0.3) is 0 Å². The molecule has 0 fully saturated rings. The molecule has 1 atom stereocenters. The molecule has 0 amide bonds. The number of carbonyl (C=O) groups excluding carboxylic acids is 2. The molecule has 4 nitrogen and oxygen atoms in total. The van der Waals surface area contributed by atoms with Crippen LogP contribution < -0.4 is 5.73 Å². The molecule has 0 radical (unpaired) electrons. The Morgan fingerprint density at radius 3 is 2.57 bits per heavy atom. The zero-order valence-electron chi connectivity index (χ0n) is 16.0. The summed E-state index contributed by atoms with van der Waals surface area (Å²) in [6, 6.07) is 10.1. The number of nitrogens with zero attached hydrogens (tertiary/aromatic N) is 1. The highest BCUT2D eigenvalue weighted by Gasteiger charge is 2.37. The molecule has 3 aromatic rings. The Morgan fingerprint density at radius 2 is 1.82 bits per heavy atom. The number of aromatic nitrogens is 1. The number of rotatable bonds is 1. The Morgan fingerprint density at radius 1 is 1.07 bits per heavy atom. The topological polar surface area (TPSA) is 73.1 Å². The van der Waals surface area contributed by atoms with Gasteiger partial charge >= 0.3 is 0 Å². The van der Waals surface area contributed by atoms with E-state index in [4.69, 9.17) is 10.7 Å². The van der Waals surface area contributed by atoms with Gasteiger partial charge in [-0.25, -0.2) is 4.98 Å². The van der Waals surface area contributed by atoms with E-state index in [9.17, 15) is 9.59 Å². The van der Waals surface area contributed by atoms with Gasteiger partial charge in [0.05, 0.1) is 21.8 Å². The predicted octanol–water partition coefficient (Wildman–Crippen LogP) is 4.95. The molecule has 0 saturated heterocycles. The van der Waals surface area contributed by atoms with E-state index in [0.717, 1.165) is 38.3 Å². The number of benzene rings is 1. The monoisotopic (exact) mass is 390 g/mol. The van der Waals surface area contributed by atoms with Crippen LogP contribution in [-0.2, 0) is 12.8 Å². The van der Waals surface area contributed by atoms with Gasteiger partial charge in [-0.05, 0) is 35.3 Å². The van der Waals surface area contributed by atoms with Crippen LogP contribution >= 0.6 is 11.3 Å². The van der Waals surface area contributed by atoms with Crippen LogP contribution in [-0.4, -0.2) is 16.6 Å². The smallest absolute Gasteiger partial charge is 0.173 e. The molecule has 2 heterocycles. The number of nitrogens with two attached hydrogens (primary N) is 1. The second-order valence-electron chi connectivity index (χ2n) is 8.82. The Labute approximate surface area is 167 Å². The molecule has 0 spiro atoms. The van der Waals surface area contributed by atoms with Gasteiger partial charge < -0.3 is 5.73 Å². The number of Topliss-reactive ketones (excluding diaryl/α,β-unsaturated/α-hetero) is 2. The zero-order chi connectivity index (χ0) is 19.6. The molecule has 2 aliphatic rings. The van der Waals surface area contributed by atoms with Crippen LogP contribution in [0.3, 0.4) is 0 Å². The van der Waals surface area contributed by atoms with E-state index >= 15 is 0 Å². The third-order valence-corrected chi connectivity index (χ3v) is 7.19. The summed E-state index contributed by atoms with van der Waals surface area (Å²) in [7, 11) is 0. The van der Waals surface area contributed by atoms with E-state index in [-0.39, 0.29) is 22.9 Å². The van der Waals surface area contributed by atoms with Gasteiger partial charge in [0.15, 0.2) is 11.6 Å². The number of anilines is 1. The first-order valence-corrected chi connectivity index (χ1v) is 10.5. The van der Waals surface area contributed by atoms with E-state index in [2.05, 4.69) is 26.0 Å². The van der Waals surface area contributed by atoms with Crippen LogP contribution in [0.25, 0.3) is 10.2 Å². The number of fused-ring (bicyclic) bond motifs is 4. The van der Waals surface area contributed by atoms with Crippen LogP contribution in [0.5, 0.6) is 0 Å². The number of hydrogen-bond acceptors (Lipinski definition) is 5. The standard InChI is InChI=1S/C23H22N2O2S/c1-23(2)10-14-18-20(24)19-15(25-22(18)28-21(14)17(27)11-23)8-13(9-16(19)26)12-6-4-3-5-7-12/h3-7,13H,8-11H2,1-2H3,(H2,24,25). The van der Waals surface area contributed by atoms with Crippen molar-refractivity contribution >= 4 is 38.8 Å². The van der Waals surface area contributed by atoms with Crippen molar-refractivity contribution < 1.29 is 9.59 Å². The van der Waals surface area contributed by atoms with Crippen molar-refractivity contribution in [3.05, 3.63) is 57.6 Å². The second kappa shape index (κ2) is 5.98. The van der Waals surface area contributed by atoms with Crippen molar-refractivity contribution in [2.75, 3.05) is 5.73 Å². The maximum atomic E-state index is 13.0. The lowest BCUT2D eigenvalue weighted by atomic mass is 9.75. The van der Waals surface area contributed by atoms with Gasteiger partial charge in [0, 0.05) is 18.2 Å². The first kappa shape index (κ1) is 17.6. The molecule has 142 valence electrons. The van der Waals surface area contributed by atoms with Crippen LogP contribution in [0.4, 0.5) is 5.69 Å². The molecule has 5 heteroatoms. The first-order valence-electron chi connectivity index (χ1n) is 9.69. The lowest BCUT2D eigenvalue weighted by Crippen LogP contribution is -2.26. The number of carbonyl (C=O) groups is 2. The minimum Gasteiger partial charge on any atom is -0.398 e. The Balaban J connectivity index is 1.68. The number of hydrogen-bond donors (Lipinski definition) is 1. The van der Waals surface area contributed by atoms with Gasteiger partial charge in [-0.2, -0.15) is 0 Å². The van der Waals surface area contributed by atoms with Gasteiger partial charge in [-0.15, -0.1) is 11.3 Å². The third-order valence-electron chi connectivity index (χ3n) is 6.02. The van der Waals surface area contributed by atoms with Gasteiger partial charge in [-0.1, -0.05) is 44.2 Å². The zero-order valence-corrected chi connectivity index (χ0v) is 16.9. The van der Waals surface area contributed by atoms with Crippen LogP contribution in [0.15, 0.2) is 30.3 Å². The Bertz CT molecular complexity index is 1140. The highest BCUT2D eigenvalue weighted by atomic mass is 32.1. The fraction of sp³-hybridized carbons (Fsp3) is 0.348. The van der Waals surface area contributed by atoms with Crippen molar-refractivity contribution in [1.82, 2.24) is 4.98 Å². The summed E-state index contributed by atoms with van der Waals surface area (Å²) in [6.45, 7) is 4.21. The lowest BCUT2D eigenvalue weighted by molar-refractivity contribution is 0.0917. The minimum absolute atomic E-state index is 0.0587. The van der Waals surface area contributed by atoms with Gasteiger partial charge in [-0.3, -0.25) is 9.59 Å². The van der Waals surface area contributed by atoms with Crippen molar-refractivity contribution in [3.8, 4) is 0 Å². The second-order valence-corrected chi connectivity index (χ2v) is 9.82. The van der Waals surface area contributed by atoms with Crippen molar-refractivity contribution in [2.45, 2.75) is 45.4 Å². The summed E-state index contributed by atoms with van der Waals surface area (Å²) in [5.74, 6) is 0.351. The molecule has 2 aromatic heterocycles. The minimum atomic E-state index is -0.0944. The number of pyridine rings is 1. The maximum Gasteiger partial charge on any atom is 0.173 e. The molecule has 0 bridgehead atoms. The SMILES string of the molecule is CC1(C)CC(=O)c2sc3nc4c(c(N)c3c2C1)C(=O)CC(c1ccccc1)C4. The molecule has 2 aliphatic carbocycles. The molecule has 2 N–H and O–H groups in total. The maximum absolute atomic E-state index is 13.0. The predicted molar refractivity (Wildman–Crippen MR) is 112 cm³/mol. The summed E-state index contributed by atoms with van der Waals surface area (Å²) in [6.07, 6.45) is 2.49. The molecule has 0 saturated carbocycles. The summed E-state index contributed by atoms with van der Waals surface area (Å²) in [5, 5.41) is 0.839. The average molecular weight is 391 g/mol. The quantitative estimate of drug-likeness (QED) is 0.638. The van der Waals surface area contributed by atoms with E-state index < -0.39 is 0 Å². The normalized spacial score (nSPS) is 20.9. The fourth-order valence-electron chi connectivity index (χ4n) is 4.77. The van der Waals surface area contributed by atoms with Crippen LogP contribution in [0, 0.1) is 5.41 Å². The summed E-state index contributed by atoms with van der Waals surface area (Å²) in [5.41, 5.74) is 10.5. The van der Waals surface area contributed by atoms with E-state index in [1.54, 1.807) is 0 Å². The molecule has 1 unspecified atom stereocenters. The largest absolute Gasteiger partial charge is 0.398 e.